The predicted molar refractivity (Wildman–Crippen MR) is 141 cm³/mol. The average Bonchev–Trinajstić information content (AvgIpc) is 3.27. The van der Waals surface area contributed by atoms with Gasteiger partial charge in [-0.05, 0) is 43.2 Å². The van der Waals surface area contributed by atoms with Gasteiger partial charge in [0, 0.05) is 56.7 Å². The summed E-state index contributed by atoms with van der Waals surface area (Å²) < 4.78 is 2.22. The molecule has 2 aromatic carbocycles. The highest BCUT2D eigenvalue weighted by molar-refractivity contribution is 5.89. The molecule has 0 aliphatic carbocycles. The lowest BCUT2D eigenvalue weighted by Crippen LogP contribution is -2.50. The van der Waals surface area contributed by atoms with E-state index in [0.29, 0.717) is 13.1 Å². The molecule has 0 spiro atoms. The molecule has 35 heavy (non-hydrogen) atoms. The maximum absolute atomic E-state index is 12.7. The van der Waals surface area contributed by atoms with E-state index in [1.807, 2.05) is 35.4 Å². The Bertz CT molecular complexity index is 1290. The van der Waals surface area contributed by atoms with Gasteiger partial charge in [0.1, 0.15) is 11.3 Å². The number of aromatic nitrogens is 3. The Balaban J connectivity index is 1.21. The summed E-state index contributed by atoms with van der Waals surface area (Å²) in [6, 6.07) is 20.5. The summed E-state index contributed by atoms with van der Waals surface area (Å²) in [6.07, 6.45) is 2.82. The first-order valence-electron chi connectivity index (χ1n) is 12.4. The number of nitrogens with one attached hydrogen (secondary N) is 1. The van der Waals surface area contributed by atoms with E-state index in [-0.39, 0.29) is 6.03 Å². The fourth-order valence-electron chi connectivity index (χ4n) is 4.54. The topological polar surface area (TPSA) is 66.3 Å². The molecule has 0 unspecified atom stereocenters. The Kier molecular flexibility index (Phi) is 6.77. The molecule has 1 N–H and O–H groups in total. The van der Waals surface area contributed by atoms with Crippen LogP contribution in [-0.4, -0.2) is 63.1 Å². The van der Waals surface area contributed by atoms with Gasteiger partial charge in [0.25, 0.3) is 0 Å². The van der Waals surface area contributed by atoms with E-state index in [1.165, 1.54) is 11.1 Å². The van der Waals surface area contributed by atoms with E-state index >= 15 is 0 Å². The lowest BCUT2D eigenvalue weighted by Gasteiger charge is -2.34. The summed E-state index contributed by atoms with van der Waals surface area (Å²) >= 11 is 0. The number of rotatable bonds is 6. The van der Waals surface area contributed by atoms with Gasteiger partial charge in [0.2, 0.25) is 0 Å². The molecule has 0 atom stereocenters. The fraction of sp³-hybridized carbons (Fsp3) is 0.321. The van der Waals surface area contributed by atoms with Gasteiger partial charge in [0.15, 0.2) is 5.65 Å². The van der Waals surface area contributed by atoms with Crippen LogP contribution in [0.3, 0.4) is 0 Å². The molecular formula is C28H32N6O. The van der Waals surface area contributed by atoms with E-state index in [0.717, 1.165) is 60.8 Å². The second-order valence-electron chi connectivity index (χ2n) is 9.11. The van der Waals surface area contributed by atoms with Crippen LogP contribution in [-0.2, 0) is 13.0 Å². The number of amides is 2. The summed E-state index contributed by atoms with van der Waals surface area (Å²) in [5.74, 6) is 0.950. The van der Waals surface area contributed by atoms with Gasteiger partial charge >= 0.3 is 6.03 Å². The number of fused-ring (bicyclic) bond motifs is 1. The number of hydrogen-bond acceptors (Lipinski definition) is 4. The van der Waals surface area contributed by atoms with Crippen LogP contribution in [0.25, 0.3) is 22.6 Å². The summed E-state index contributed by atoms with van der Waals surface area (Å²) in [5, 5.41) is 3.03. The predicted octanol–water partition coefficient (Wildman–Crippen LogP) is 4.82. The first-order chi connectivity index (χ1) is 17.1. The molecule has 1 fully saturated rings. The number of anilines is 1. The van der Waals surface area contributed by atoms with Crippen molar-refractivity contribution in [3.05, 3.63) is 78.0 Å². The second kappa shape index (κ2) is 10.3. The molecule has 2 amide bonds. The first kappa shape index (κ1) is 23.1. The lowest BCUT2D eigenvalue weighted by molar-refractivity contribution is 0.145. The van der Waals surface area contributed by atoms with E-state index in [1.54, 1.807) is 0 Å². The van der Waals surface area contributed by atoms with Gasteiger partial charge in [-0.15, -0.1) is 0 Å². The zero-order valence-corrected chi connectivity index (χ0v) is 20.4. The molecule has 180 valence electrons. The van der Waals surface area contributed by atoms with Crippen LogP contribution in [0.2, 0.25) is 0 Å². The summed E-state index contributed by atoms with van der Waals surface area (Å²) in [7, 11) is 0. The van der Waals surface area contributed by atoms with Crippen molar-refractivity contribution in [2.75, 3.05) is 38.0 Å². The maximum Gasteiger partial charge on any atom is 0.321 e. The Morgan fingerprint density at radius 2 is 1.69 bits per heavy atom. The molecule has 7 heteroatoms. The van der Waals surface area contributed by atoms with Crippen LogP contribution >= 0.6 is 0 Å². The number of piperazine rings is 1. The van der Waals surface area contributed by atoms with Crippen LogP contribution in [0.5, 0.6) is 0 Å². The average molecular weight is 469 g/mol. The third-order valence-electron chi connectivity index (χ3n) is 6.73. The number of hydrogen-bond donors (Lipinski definition) is 1. The van der Waals surface area contributed by atoms with Gasteiger partial charge in [-0.2, -0.15) is 0 Å². The number of benzene rings is 2. The van der Waals surface area contributed by atoms with E-state index in [4.69, 9.17) is 4.98 Å². The zero-order chi connectivity index (χ0) is 24.2. The van der Waals surface area contributed by atoms with E-state index in [9.17, 15) is 4.79 Å². The lowest BCUT2D eigenvalue weighted by atomic mass is 10.1. The van der Waals surface area contributed by atoms with Crippen LogP contribution in [0, 0.1) is 6.92 Å². The Labute approximate surface area is 206 Å². The first-order valence-corrected chi connectivity index (χ1v) is 12.4. The molecule has 2 aromatic heterocycles. The van der Waals surface area contributed by atoms with Crippen LogP contribution in [0.1, 0.15) is 18.1 Å². The van der Waals surface area contributed by atoms with Crippen LogP contribution in [0.15, 0.2) is 66.9 Å². The third-order valence-corrected chi connectivity index (χ3v) is 6.73. The van der Waals surface area contributed by atoms with Crippen LogP contribution < -0.4 is 5.32 Å². The molecule has 1 aliphatic rings. The van der Waals surface area contributed by atoms with E-state index in [2.05, 4.69) is 70.0 Å². The van der Waals surface area contributed by atoms with Crippen molar-refractivity contribution in [3.63, 3.8) is 0 Å². The maximum atomic E-state index is 12.7. The van der Waals surface area contributed by atoms with Gasteiger partial charge in [-0.1, -0.05) is 48.9 Å². The minimum Gasteiger partial charge on any atom is -0.322 e. The van der Waals surface area contributed by atoms with Gasteiger partial charge in [-0.3, -0.25) is 4.90 Å². The quantitative estimate of drug-likeness (QED) is 0.441. The smallest absolute Gasteiger partial charge is 0.321 e. The van der Waals surface area contributed by atoms with Crippen LogP contribution in [0.4, 0.5) is 10.5 Å². The number of nitrogens with zero attached hydrogens (tertiary/aromatic N) is 5. The number of carbonyl (C=O) groups is 1. The van der Waals surface area contributed by atoms with Gasteiger partial charge in [-0.25, -0.2) is 14.8 Å². The molecule has 0 saturated carbocycles. The van der Waals surface area contributed by atoms with Crippen molar-refractivity contribution in [1.29, 1.82) is 0 Å². The van der Waals surface area contributed by atoms with Gasteiger partial charge < -0.3 is 14.8 Å². The normalized spacial score (nSPS) is 14.4. The van der Waals surface area contributed by atoms with Crippen molar-refractivity contribution < 1.29 is 4.79 Å². The molecule has 5 rings (SSSR count). The minimum atomic E-state index is -0.0274. The number of aryl methyl sites for hydroxylation is 2. The molecule has 4 aromatic rings. The highest BCUT2D eigenvalue weighted by atomic mass is 16.2. The third kappa shape index (κ3) is 5.20. The van der Waals surface area contributed by atoms with E-state index < -0.39 is 0 Å². The highest BCUT2D eigenvalue weighted by Gasteiger charge is 2.22. The van der Waals surface area contributed by atoms with Crippen molar-refractivity contribution in [1.82, 2.24) is 24.3 Å². The number of imidazole rings is 1. The molecule has 0 bridgehead atoms. The summed E-state index contributed by atoms with van der Waals surface area (Å²) in [5.41, 5.74) is 6.27. The highest BCUT2D eigenvalue weighted by Crippen LogP contribution is 2.24. The van der Waals surface area contributed by atoms with Crippen molar-refractivity contribution >= 4 is 22.9 Å². The fourth-order valence-corrected chi connectivity index (χ4v) is 4.54. The van der Waals surface area contributed by atoms with Gasteiger partial charge in [0.05, 0.1) is 0 Å². The Hall–Kier alpha value is -3.71. The number of urea groups is 1. The number of carbonyl (C=O) groups excluding carboxylic acids is 1. The molecule has 0 radical (unpaired) electrons. The molecule has 1 aliphatic heterocycles. The monoisotopic (exact) mass is 468 g/mol. The minimum absolute atomic E-state index is 0.0274. The summed E-state index contributed by atoms with van der Waals surface area (Å²) in [4.78, 5) is 26.5. The molecular weight excluding hydrogens is 436 g/mol. The summed E-state index contributed by atoms with van der Waals surface area (Å²) in [6.45, 7) is 9.03. The SMILES string of the molecule is CCc1ccc(NC(=O)N2CCN(CCn3c(-c4ccc(C)cc4)nc4cccnc43)CC2)cc1. The largest absolute Gasteiger partial charge is 0.322 e. The standard InChI is InChI=1S/C28H32N6O/c1-3-22-8-12-24(13-9-22)30-28(35)33-18-15-32(16-19-33)17-20-34-26(23-10-6-21(2)7-11-23)31-25-5-4-14-29-27(25)34/h4-14H,3,15-20H2,1-2H3,(H,30,35). The van der Waals surface area contributed by atoms with Crippen molar-refractivity contribution in [2.45, 2.75) is 26.8 Å². The number of pyridine rings is 1. The van der Waals surface area contributed by atoms with Crippen molar-refractivity contribution in [2.24, 2.45) is 0 Å². The molecule has 1 saturated heterocycles. The van der Waals surface area contributed by atoms with Crippen molar-refractivity contribution in [3.8, 4) is 11.4 Å². The second-order valence-corrected chi connectivity index (χ2v) is 9.11. The Morgan fingerprint density at radius 3 is 2.40 bits per heavy atom. The molecule has 7 nitrogen and oxygen atoms in total. The molecule has 3 heterocycles. The Morgan fingerprint density at radius 1 is 0.943 bits per heavy atom. The zero-order valence-electron chi connectivity index (χ0n) is 20.4.